The van der Waals surface area contributed by atoms with Crippen LogP contribution < -0.4 is 10.6 Å². The van der Waals surface area contributed by atoms with Crippen LogP contribution in [-0.4, -0.2) is 30.9 Å². The molecule has 3 nitrogen and oxygen atoms in total. The largest absolute Gasteiger partial charge is 0.383 e. The van der Waals surface area contributed by atoms with E-state index in [4.69, 9.17) is 17.0 Å². The Morgan fingerprint density at radius 2 is 2.31 bits per heavy atom. The van der Waals surface area contributed by atoms with Gasteiger partial charge in [-0.05, 0) is 31.5 Å². The Morgan fingerprint density at radius 1 is 1.69 bits per heavy atom. The molecule has 1 rings (SSSR count). The Kier molecular flexibility index (Phi) is 3.93. The highest BCUT2D eigenvalue weighted by Gasteiger charge is 2.32. The summed E-state index contributed by atoms with van der Waals surface area (Å²) in [6.45, 7) is 4.95. The van der Waals surface area contributed by atoms with Crippen LogP contribution in [0.15, 0.2) is 0 Å². The van der Waals surface area contributed by atoms with Gasteiger partial charge in [-0.25, -0.2) is 0 Å². The van der Waals surface area contributed by atoms with E-state index in [2.05, 4.69) is 17.6 Å². The number of nitrogens with one attached hydrogen (secondary N) is 2. The fourth-order valence-electron chi connectivity index (χ4n) is 1.25. The summed E-state index contributed by atoms with van der Waals surface area (Å²) in [6, 6.07) is 0.869. The normalized spacial score (nSPS) is 27.9. The third kappa shape index (κ3) is 3.91. The Morgan fingerprint density at radius 3 is 2.77 bits per heavy atom. The van der Waals surface area contributed by atoms with Gasteiger partial charge >= 0.3 is 0 Å². The summed E-state index contributed by atoms with van der Waals surface area (Å²) in [5, 5.41) is 7.17. The standard InChI is InChI=1S/C9H18N2OS/c1-6-4-8(6)11-9(13)10-7(2)5-12-3/h6-8H,4-5H2,1-3H3,(H2,10,11,13). The molecule has 76 valence electrons. The number of ether oxygens (including phenoxy) is 1. The van der Waals surface area contributed by atoms with Crippen molar-refractivity contribution in [1.82, 2.24) is 10.6 Å². The van der Waals surface area contributed by atoms with Gasteiger partial charge in [0.2, 0.25) is 0 Å². The summed E-state index contributed by atoms with van der Waals surface area (Å²) in [5.41, 5.74) is 0. The molecule has 0 amide bonds. The zero-order valence-corrected chi connectivity index (χ0v) is 9.28. The van der Waals surface area contributed by atoms with Crippen LogP contribution >= 0.6 is 12.2 Å². The first-order valence-corrected chi connectivity index (χ1v) is 5.10. The topological polar surface area (TPSA) is 33.3 Å². The van der Waals surface area contributed by atoms with Gasteiger partial charge in [-0.15, -0.1) is 0 Å². The van der Waals surface area contributed by atoms with E-state index in [1.54, 1.807) is 7.11 Å². The van der Waals surface area contributed by atoms with Crippen molar-refractivity contribution in [3.63, 3.8) is 0 Å². The van der Waals surface area contributed by atoms with E-state index in [9.17, 15) is 0 Å². The maximum atomic E-state index is 5.14. The molecule has 3 atom stereocenters. The van der Waals surface area contributed by atoms with Crippen molar-refractivity contribution in [3.05, 3.63) is 0 Å². The van der Waals surface area contributed by atoms with Gasteiger partial charge in [-0.2, -0.15) is 0 Å². The number of hydrogen-bond donors (Lipinski definition) is 2. The van der Waals surface area contributed by atoms with Crippen molar-refractivity contribution in [2.75, 3.05) is 13.7 Å². The van der Waals surface area contributed by atoms with E-state index >= 15 is 0 Å². The molecule has 0 aromatic heterocycles. The molecule has 1 aliphatic carbocycles. The molecule has 0 aromatic rings. The van der Waals surface area contributed by atoms with Crippen LogP contribution in [0, 0.1) is 5.92 Å². The number of methoxy groups -OCH3 is 1. The van der Waals surface area contributed by atoms with Gasteiger partial charge in [-0.3, -0.25) is 0 Å². The smallest absolute Gasteiger partial charge is 0.166 e. The molecule has 3 unspecified atom stereocenters. The second kappa shape index (κ2) is 4.77. The lowest BCUT2D eigenvalue weighted by Gasteiger charge is -2.15. The summed E-state index contributed by atoms with van der Waals surface area (Å²) < 4.78 is 5.00. The minimum atomic E-state index is 0.277. The fourth-order valence-corrected chi connectivity index (χ4v) is 1.60. The van der Waals surface area contributed by atoms with Gasteiger partial charge in [0.15, 0.2) is 5.11 Å². The highest BCUT2D eigenvalue weighted by atomic mass is 32.1. The molecule has 1 aliphatic rings. The first-order chi connectivity index (χ1) is 6.13. The minimum absolute atomic E-state index is 0.277. The number of rotatable bonds is 4. The van der Waals surface area contributed by atoms with Crippen LogP contribution in [0.3, 0.4) is 0 Å². The minimum Gasteiger partial charge on any atom is -0.383 e. The molecule has 0 saturated heterocycles. The lowest BCUT2D eigenvalue weighted by molar-refractivity contribution is 0.179. The highest BCUT2D eigenvalue weighted by molar-refractivity contribution is 7.80. The van der Waals surface area contributed by atoms with Crippen molar-refractivity contribution in [3.8, 4) is 0 Å². The third-order valence-electron chi connectivity index (χ3n) is 2.22. The second-order valence-electron chi connectivity index (χ2n) is 3.79. The van der Waals surface area contributed by atoms with E-state index in [1.165, 1.54) is 6.42 Å². The maximum Gasteiger partial charge on any atom is 0.166 e. The summed E-state index contributed by atoms with van der Waals surface area (Å²) >= 11 is 5.14. The quantitative estimate of drug-likeness (QED) is 0.664. The molecule has 0 radical (unpaired) electrons. The number of hydrogen-bond acceptors (Lipinski definition) is 2. The Bertz CT molecular complexity index is 186. The summed E-state index contributed by atoms with van der Waals surface area (Å²) in [7, 11) is 1.69. The van der Waals surface area contributed by atoms with Crippen LogP contribution in [0.5, 0.6) is 0 Å². The number of thiocarbonyl (C=S) groups is 1. The average molecular weight is 202 g/mol. The average Bonchev–Trinajstić information content (AvgIpc) is 2.65. The van der Waals surface area contributed by atoms with Crippen LogP contribution in [0.2, 0.25) is 0 Å². The summed E-state index contributed by atoms with van der Waals surface area (Å²) in [4.78, 5) is 0. The maximum absolute atomic E-state index is 5.14. The van der Waals surface area contributed by atoms with Gasteiger partial charge in [0.25, 0.3) is 0 Å². The van der Waals surface area contributed by atoms with Gasteiger partial charge in [0.05, 0.1) is 6.61 Å². The first kappa shape index (κ1) is 10.7. The SMILES string of the molecule is COCC(C)NC(=S)NC1CC1C. The molecule has 13 heavy (non-hydrogen) atoms. The van der Waals surface area contributed by atoms with Gasteiger partial charge in [-0.1, -0.05) is 6.92 Å². The zero-order valence-electron chi connectivity index (χ0n) is 8.46. The van der Waals surface area contributed by atoms with Crippen LogP contribution in [-0.2, 0) is 4.74 Å². The Balaban J connectivity index is 2.10. The first-order valence-electron chi connectivity index (χ1n) is 4.69. The Hall–Kier alpha value is -0.350. The molecule has 0 aliphatic heterocycles. The summed E-state index contributed by atoms with van der Waals surface area (Å²) in [6.07, 6.45) is 1.24. The lowest BCUT2D eigenvalue weighted by atomic mass is 10.4. The third-order valence-corrected chi connectivity index (χ3v) is 2.46. The van der Waals surface area contributed by atoms with Crippen molar-refractivity contribution < 1.29 is 4.74 Å². The van der Waals surface area contributed by atoms with E-state index in [0.717, 1.165) is 11.0 Å². The lowest BCUT2D eigenvalue weighted by Crippen LogP contribution is -2.43. The van der Waals surface area contributed by atoms with Gasteiger partial charge in [0.1, 0.15) is 0 Å². The van der Waals surface area contributed by atoms with Crippen LogP contribution in [0.25, 0.3) is 0 Å². The van der Waals surface area contributed by atoms with Crippen molar-refractivity contribution >= 4 is 17.3 Å². The molecule has 0 spiro atoms. The molecule has 0 heterocycles. The van der Waals surface area contributed by atoms with Gasteiger partial charge in [0, 0.05) is 19.2 Å². The molecular formula is C9H18N2OS. The summed E-state index contributed by atoms with van der Waals surface area (Å²) in [5.74, 6) is 0.775. The second-order valence-corrected chi connectivity index (χ2v) is 4.20. The van der Waals surface area contributed by atoms with Crippen molar-refractivity contribution in [2.45, 2.75) is 32.4 Å². The van der Waals surface area contributed by atoms with Crippen molar-refractivity contribution in [2.24, 2.45) is 5.92 Å². The molecular weight excluding hydrogens is 184 g/mol. The zero-order chi connectivity index (χ0) is 9.84. The molecule has 1 fully saturated rings. The molecule has 2 N–H and O–H groups in total. The monoisotopic (exact) mass is 202 g/mol. The fraction of sp³-hybridized carbons (Fsp3) is 0.889. The van der Waals surface area contributed by atoms with E-state index in [1.807, 2.05) is 6.92 Å². The van der Waals surface area contributed by atoms with E-state index < -0.39 is 0 Å². The molecule has 0 bridgehead atoms. The predicted molar refractivity (Wildman–Crippen MR) is 57.8 cm³/mol. The van der Waals surface area contributed by atoms with E-state index in [0.29, 0.717) is 12.6 Å². The molecule has 0 aromatic carbocycles. The highest BCUT2D eigenvalue weighted by Crippen LogP contribution is 2.28. The Labute approximate surface area is 85.2 Å². The van der Waals surface area contributed by atoms with E-state index in [-0.39, 0.29) is 6.04 Å². The van der Waals surface area contributed by atoms with Crippen LogP contribution in [0.1, 0.15) is 20.3 Å². The van der Waals surface area contributed by atoms with Crippen LogP contribution in [0.4, 0.5) is 0 Å². The van der Waals surface area contributed by atoms with Gasteiger partial charge < -0.3 is 15.4 Å². The predicted octanol–water partition coefficient (Wildman–Crippen LogP) is 0.894. The molecule has 4 heteroatoms. The van der Waals surface area contributed by atoms with Crippen molar-refractivity contribution in [1.29, 1.82) is 0 Å². The molecule has 1 saturated carbocycles.